The van der Waals surface area contributed by atoms with Crippen LogP contribution in [-0.4, -0.2) is 49.0 Å². The molecule has 118 valence electrons. The molecule has 1 atom stereocenters. The van der Waals surface area contributed by atoms with E-state index in [1.54, 1.807) is 13.2 Å². The molecule has 0 bridgehead atoms. The predicted molar refractivity (Wildman–Crippen MR) is 81.4 cm³/mol. The van der Waals surface area contributed by atoms with E-state index in [0.29, 0.717) is 18.3 Å². The topological polar surface area (TPSA) is 68.2 Å². The molecule has 1 aliphatic heterocycles. The van der Waals surface area contributed by atoms with Crippen LogP contribution in [0.1, 0.15) is 48.6 Å². The molecule has 1 aromatic rings. The van der Waals surface area contributed by atoms with Gasteiger partial charge in [0.25, 0.3) is 5.91 Å². The molecule has 1 amide bonds. The highest BCUT2D eigenvalue weighted by Gasteiger charge is 2.17. The van der Waals surface area contributed by atoms with Gasteiger partial charge in [0, 0.05) is 33.0 Å². The molecule has 21 heavy (non-hydrogen) atoms. The number of methoxy groups -OCH3 is 1. The van der Waals surface area contributed by atoms with Crippen molar-refractivity contribution in [2.75, 3.05) is 33.4 Å². The third-order valence-corrected chi connectivity index (χ3v) is 3.80. The van der Waals surface area contributed by atoms with Crippen LogP contribution >= 0.6 is 0 Å². The third-order valence-electron chi connectivity index (χ3n) is 3.80. The van der Waals surface area contributed by atoms with Gasteiger partial charge in [0.1, 0.15) is 5.69 Å². The molecule has 0 aromatic carbocycles. The van der Waals surface area contributed by atoms with Crippen LogP contribution in [0, 0.1) is 0 Å². The molecule has 2 heterocycles. The van der Waals surface area contributed by atoms with Crippen molar-refractivity contribution in [2.24, 2.45) is 0 Å². The van der Waals surface area contributed by atoms with Gasteiger partial charge in [-0.15, -0.1) is 0 Å². The summed E-state index contributed by atoms with van der Waals surface area (Å²) in [6, 6.07) is 2.17. The number of unbranched alkanes of at least 4 members (excludes halogenated alkanes) is 2. The standard InChI is InChI=1S/C15H26N4O2/c1-21-11-4-2-3-9-17-15(20)14-7-10-19(18-14)13-6-5-8-16-12-13/h7,10,13,16H,2-6,8-9,11-12H2,1H3,(H,17,20). The SMILES string of the molecule is COCCCCCNC(=O)c1ccn(C2CCCNC2)n1. The normalized spacial score (nSPS) is 18.6. The van der Waals surface area contributed by atoms with Crippen LogP contribution in [0.3, 0.4) is 0 Å². The number of hydrogen-bond acceptors (Lipinski definition) is 4. The quantitative estimate of drug-likeness (QED) is 0.710. The number of amides is 1. The number of ether oxygens (including phenoxy) is 1. The highest BCUT2D eigenvalue weighted by molar-refractivity contribution is 5.92. The predicted octanol–water partition coefficient (Wildman–Crippen LogP) is 1.35. The number of aromatic nitrogens is 2. The van der Waals surface area contributed by atoms with Crippen LogP contribution in [0.5, 0.6) is 0 Å². The van der Waals surface area contributed by atoms with Crippen LogP contribution in [0.25, 0.3) is 0 Å². The zero-order valence-corrected chi connectivity index (χ0v) is 12.8. The minimum atomic E-state index is -0.0794. The average molecular weight is 294 g/mol. The fourth-order valence-electron chi connectivity index (χ4n) is 2.56. The molecule has 0 spiro atoms. The summed E-state index contributed by atoms with van der Waals surface area (Å²) in [4.78, 5) is 12.0. The van der Waals surface area contributed by atoms with E-state index in [1.807, 2.05) is 10.9 Å². The fourth-order valence-corrected chi connectivity index (χ4v) is 2.56. The number of nitrogens with one attached hydrogen (secondary N) is 2. The molecule has 6 nitrogen and oxygen atoms in total. The number of piperidine rings is 1. The van der Waals surface area contributed by atoms with Gasteiger partial charge in [0.05, 0.1) is 6.04 Å². The van der Waals surface area contributed by atoms with Crippen LogP contribution in [0.15, 0.2) is 12.3 Å². The molecule has 0 aliphatic carbocycles. The summed E-state index contributed by atoms with van der Waals surface area (Å²) >= 11 is 0. The maximum absolute atomic E-state index is 12.0. The highest BCUT2D eigenvalue weighted by Crippen LogP contribution is 2.15. The first-order valence-electron chi connectivity index (χ1n) is 7.84. The van der Waals surface area contributed by atoms with Crippen LogP contribution in [0.4, 0.5) is 0 Å². The summed E-state index contributed by atoms with van der Waals surface area (Å²) in [5.74, 6) is -0.0794. The van der Waals surface area contributed by atoms with E-state index in [4.69, 9.17) is 4.74 Å². The van der Waals surface area contributed by atoms with Crippen molar-refractivity contribution in [1.82, 2.24) is 20.4 Å². The molecule has 2 N–H and O–H groups in total. The molecule has 1 unspecified atom stereocenters. The van der Waals surface area contributed by atoms with E-state index in [9.17, 15) is 4.79 Å². The highest BCUT2D eigenvalue weighted by atomic mass is 16.5. The van der Waals surface area contributed by atoms with Crippen LogP contribution < -0.4 is 10.6 Å². The number of nitrogens with zero attached hydrogens (tertiary/aromatic N) is 2. The lowest BCUT2D eigenvalue weighted by Gasteiger charge is -2.22. The summed E-state index contributed by atoms with van der Waals surface area (Å²) < 4.78 is 6.91. The first-order valence-corrected chi connectivity index (χ1v) is 7.84. The second kappa shape index (κ2) is 8.79. The molecular formula is C15H26N4O2. The first kappa shape index (κ1) is 16.0. The van der Waals surface area contributed by atoms with Crippen molar-refractivity contribution in [1.29, 1.82) is 0 Å². The Morgan fingerprint density at radius 1 is 1.52 bits per heavy atom. The summed E-state index contributed by atoms with van der Waals surface area (Å²) in [5.41, 5.74) is 0.512. The van der Waals surface area contributed by atoms with E-state index in [2.05, 4.69) is 15.7 Å². The second-order valence-electron chi connectivity index (χ2n) is 5.49. The van der Waals surface area contributed by atoms with Crippen molar-refractivity contribution in [2.45, 2.75) is 38.1 Å². The smallest absolute Gasteiger partial charge is 0.271 e. The summed E-state index contributed by atoms with van der Waals surface area (Å²) in [6.07, 6.45) is 7.27. The Morgan fingerprint density at radius 3 is 3.19 bits per heavy atom. The van der Waals surface area contributed by atoms with Gasteiger partial charge in [-0.05, 0) is 44.7 Å². The van der Waals surface area contributed by atoms with E-state index in [1.165, 1.54) is 0 Å². The molecule has 1 fully saturated rings. The molecule has 2 rings (SSSR count). The van der Waals surface area contributed by atoms with Crippen molar-refractivity contribution in [3.63, 3.8) is 0 Å². The lowest BCUT2D eigenvalue weighted by molar-refractivity contribution is 0.0946. The van der Waals surface area contributed by atoms with Crippen molar-refractivity contribution in [3.05, 3.63) is 18.0 Å². The van der Waals surface area contributed by atoms with Gasteiger partial charge in [0.2, 0.25) is 0 Å². The Morgan fingerprint density at radius 2 is 2.43 bits per heavy atom. The lowest BCUT2D eigenvalue weighted by atomic mass is 10.1. The fraction of sp³-hybridized carbons (Fsp3) is 0.733. The summed E-state index contributed by atoms with van der Waals surface area (Å²) in [7, 11) is 1.71. The lowest BCUT2D eigenvalue weighted by Crippen LogP contribution is -2.32. The van der Waals surface area contributed by atoms with Gasteiger partial charge in [-0.3, -0.25) is 9.48 Å². The number of carbonyl (C=O) groups is 1. The number of rotatable bonds is 8. The first-order chi connectivity index (χ1) is 10.3. The van der Waals surface area contributed by atoms with Gasteiger partial charge >= 0.3 is 0 Å². The molecule has 6 heteroatoms. The Balaban J connectivity index is 1.71. The number of carbonyl (C=O) groups excluding carboxylic acids is 1. The molecule has 1 aromatic heterocycles. The molecule has 0 radical (unpaired) electrons. The Kier molecular flexibility index (Phi) is 6.69. The van der Waals surface area contributed by atoms with Gasteiger partial charge in [-0.25, -0.2) is 0 Å². The van der Waals surface area contributed by atoms with E-state index < -0.39 is 0 Å². The Hall–Kier alpha value is -1.40. The molecule has 1 saturated heterocycles. The zero-order chi connectivity index (χ0) is 14.9. The summed E-state index contributed by atoms with van der Waals surface area (Å²) in [5, 5.41) is 10.7. The minimum absolute atomic E-state index is 0.0794. The monoisotopic (exact) mass is 294 g/mol. The maximum Gasteiger partial charge on any atom is 0.271 e. The molecule has 1 aliphatic rings. The van der Waals surface area contributed by atoms with Gasteiger partial charge in [-0.2, -0.15) is 5.10 Å². The van der Waals surface area contributed by atoms with E-state index in [-0.39, 0.29) is 5.91 Å². The molecular weight excluding hydrogens is 268 g/mol. The van der Waals surface area contributed by atoms with Crippen molar-refractivity contribution in [3.8, 4) is 0 Å². The maximum atomic E-state index is 12.0. The zero-order valence-electron chi connectivity index (χ0n) is 12.8. The van der Waals surface area contributed by atoms with Gasteiger partial charge in [0.15, 0.2) is 0 Å². The average Bonchev–Trinajstić information content (AvgIpc) is 3.01. The summed E-state index contributed by atoms with van der Waals surface area (Å²) in [6.45, 7) is 3.49. The van der Waals surface area contributed by atoms with Crippen LogP contribution in [0.2, 0.25) is 0 Å². The second-order valence-corrected chi connectivity index (χ2v) is 5.49. The van der Waals surface area contributed by atoms with Gasteiger partial charge < -0.3 is 15.4 Å². The van der Waals surface area contributed by atoms with E-state index >= 15 is 0 Å². The largest absolute Gasteiger partial charge is 0.385 e. The Bertz CT molecular complexity index is 427. The Labute approximate surface area is 126 Å². The molecule has 0 saturated carbocycles. The minimum Gasteiger partial charge on any atom is -0.385 e. The number of hydrogen-bond donors (Lipinski definition) is 2. The van der Waals surface area contributed by atoms with E-state index in [0.717, 1.165) is 51.8 Å². The van der Waals surface area contributed by atoms with Crippen LogP contribution in [-0.2, 0) is 4.74 Å². The third kappa shape index (κ3) is 5.13. The van der Waals surface area contributed by atoms with Crippen molar-refractivity contribution >= 4 is 5.91 Å². The van der Waals surface area contributed by atoms with Crippen molar-refractivity contribution < 1.29 is 9.53 Å². The van der Waals surface area contributed by atoms with Gasteiger partial charge in [-0.1, -0.05) is 0 Å².